The van der Waals surface area contributed by atoms with Gasteiger partial charge < -0.3 is 49.5 Å². The van der Waals surface area contributed by atoms with Crippen LogP contribution in [0.3, 0.4) is 0 Å². The van der Waals surface area contributed by atoms with Crippen LogP contribution < -0.4 is 16.4 Å². The highest BCUT2D eigenvalue weighted by Gasteiger charge is 2.37. The molecule has 4 rings (SSSR count). The number of hydrogen-bond acceptors (Lipinski definition) is 11. The molecule has 0 bridgehead atoms. The molecule has 0 saturated heterocycles. The fourth-order valence-electron chi connectivity index (χ4n) is 6.94. The zero-order valence-corrected chi connectivity index (χ0v) is 37.2. The summed E-state index contributed by atoms with van der Waals surface area (Å²) in [5.41, 5.74) is 6.70. The summed E-state index contributed by atoms with van der Waals surface area (Å²) in [6.07, 6.45) is 3.04. The maximum Gasteiger partial charge on any atom is 0.404 e. The van der Waals surface area contributed by atoms with Crippen LogP contribution in [-0.2, 0) is 54.2 Å². The molecule has 1 atom stereocenters. The van der Waals surface area contributed by atoms with Gasteiger partial charge >= 0.3 is 6.09 Å². The monoisotopic (exact) mass is 910 g/mol. The number of hydrogen-bond donors (Lipinski definition) is 3. The summed E-state index contributed by atoms with van der Waals surface area (Å²) in [5, 5.41) is 5.34. The average molecular weight is 911 g/mol. The Balaban J connectivity index is 1.20. The molecule has 1 unspecified atom stereocenters. The lowest BCUT2D eigenvalue weighted by Crippen LogP contribution is -2.43. The molecule has 19 heteroatoms. The number of nitrogens with zero attached hydrogens (tertiary/aromatic N) is 3. The molecule has 1 aliphatic heterocycles. The van der Waals surface area contributed by atoms with E-state index in [1.165, 1.54) is 0 Å². The van der Waals surface area contributed by atoms with Crippen LogP contribution in [0.5, 0.6) is 0 Å². The third kappa shape index (κ3) is 17.8. The van der Waals surface area contributed by atoms with Gasteiger partial charge in [-0.05, 0) is 41.7 Å². The molecule has 4 N–H and O–H groups in total. The maximum atomic E-state index is 15.1. The molecule has 0 aliphatic carbocycles. The summed E-state index contributed by atoms with van der Waals surface area (Å²) in [5.74, 6) is -3.38. The summed E-state index contributed by atoms with van der Waals surface area (Å²) in [6, 6.07) is 14.0. The summed E-state index contributed by atoms with van der Waals surface area (Å²) < 4.78 is 58.3. The van der Waals surface area contributed by atoms with Crippen molar-refractivity contribution in [3.63, 3.8) is 0 Å². The van der Waals surface area contributed by atoms with E-state index < -0.39 is 46.9 Å². The van der Waals surface area contributed by atoms with E-state index in [4.69, 9.17) is 29.4 Å². The van der Waals surface area contributed by atoms with E-state index in [1.54, 1.807) is 17.2 Å². The van der Waals surface area contributed by atoms with Crippen LogP contribution in [0, 0.1) is 17.0 Å². The van der Waals surface area contributed by atoms with Gasteiger partial charge in [-0.3, -0.25) is 28.9 Å². The normalized spacial score (nSPS) is 13.0. The molecular formula is C46H60F2N6O11. The Morgan fingerprint density at radius 2 is 1.34 bits per heavy atom. The van der Waals surface area contributed by atoms with Gasteiger partial charge in [-0.25, -0.2) is 13.6 Å². The number of benzene rings is 2. The second kappa shape index (κ2) is 26.7. The first-order valence-corrected chi connectivity index (χ1v) is 21.4. The molecule has 354 valence electrons. The van der Waals surface area contributed by atoms with Crippen molar-refractivity contribution >= 4 is 35.6 Å². The first-order chi connectivity index (χ1) is 31.1. The number of imide groups is 1. The first kappa shape index (κ1) is 51.6. The smallest absolute Gasteiger partial charge is 0.404 e. The molecule has 0 fully saturated rings. The topological polar surface area (TPSA) is 210 Å². The van der Waals surface area contributed by atoms with Crippen LogP contribution in [0.2, 0.25) is 0 Å². The van der Waals surface area contributed by atoms with E-state index >= 15 is 4.39 Å². The van der Waals surface area contributed by atoms with E-state index in [0.29, 0.717) is 50.8 Å². The van der Waals surface area contributed by atoms with Crippen molar-refractivity contribution in [2.75, 3.05) is 85.6 Å². The van der Waals surface area contributed by atoms with Crippen LogP contribution in [0.25, 0.3) is 11.1 Å². The summed E-state index contributed by atoms with van der Waals surface area (Å²) >= 11 is 0. The van der Waals surface area contributed by atoms with Gasteiger partial charge in [0.25, 0.3) is 11.8 Å². The second-order valence-corrected chi connectivity index (χ2v) is 16.0. The Bertz CT molecular complexity index is 2060. The van der Waals surface area contributed by atoms with E-state index in [-0.39, 0.29) is 89.2 Å². The molecule has 1 aliphatic rings. The number of primary amides is 1. The molecule has 2 aromatic carbocycles. The lowest BCUT2D eigenvalue weighted by Gasteiger charge is -2.41. The largest absolute Gasteiger partial charge is 0.450 e. The van der Waals surface area contributed by atoms with Crippen LogP contribution in [0.15, 0.2) is 72.9 Å². The van der Waals surface area contributed by atoms with Crippen LogP contribution in [0.1, 0.15) is 57.3 Å². The molecule has 17 nitrogen and oxygen atoms in total. The van der Waals surface area contributed by atoms with Gasteiger partial charge in [0, 0.05) is 74.2 Å². The third-order valence-electron chi connectivity index (χ3n) is 9.91. The lowest BCUT2D eigenvalue weighted by molar-refractivity contribution is -0.141. The SMILES string of the molecule is CC(C)(C)C(c1cc(-c2cc(F)ccc2F)cn1Cc1ccccc1)N(CCCOC(N)=O)C(=O)CCC(=O)NCCOCCOCCOCCOCCNC(=O)CN1C(=O)C=CC1=O. The third-order valence-corrected chi connectivity index (χ3v) is 9.91. The van der Waals surface area contributed by atoms with Crippen molar-refractivity contribution in [3.05, 3.63) is 95.8 Å². The molecule has 1 aromatic heterocycles. The van der Waals surface area contributed by atoms with Crippen LogP contribution in [-0.4, -0.2) is 136 Å². The van der Waals surface area contributed by atoms with Crippen molar-refractivity contribution < 1.29 is 61.2 Å². The standard InChI is InChI=1S/C46H60F2N6O11/c1-46(2,3)44(38-28-34(36-29-35(47)10-11-37(36)48)31-52(38)30-33-8-5-4-6-9-33)53(18-7-19-65-45(49)60)41(57)13-12-39(55)50-16-20-61-22-24-63-26-27-64-25-23-62-21-17-51-40(56)32-54-42(58)14-15-43(54)59/h4-6,8-11,14-15,28-29,31,44H,7,12-13,16-27,30,32H2,1-3H3,(H2,49,60)(H,50,55)(H,51,56). The predicted octanol–water partition coefficient (Wildman–Crippen LogP) is 3.89. The number of carbonyl (C=O) groups excluding carboxylic acids is 6. The zero-order valence-electron chi connectivity index (χ0n) is 37.2. The lowest BCUT2D eigenvalue weighted by atomic mass is 9.82. The minimum atomic E-state index is -0.945. The Morgan fingerprint density at radius 1 is 0.754 bits per heavy atom. The van der Waals surface area contributed by atoms with Crippen LogP contribution >= 0.6 is 0 Å². The molecule has 0 radical (unpaired) electrons. The highest BCUT2D eigenvalue weighted by molar-refractivity contribution is 6.14. The Hall–Kier alpha value is -6.02. The molecule has 65 heavy (non-hydrogen) atoms. The minimum absolute atomic E-state index is 0.0439. The Kier molecular flexibility index (Phi) is 21.2. The Morgan fingerprint density at radius 3 is 1.92 bits per heavy atom. The maximum absolute atomic E-state index is 15.1. The quantitative estimate of drug-likeness (QED) is 0.0673. The summed E-state index contributed by atoms with van der Waals surface area (Å²) in [4.78, 5) is 75.8. The Labute approximate surface area is 377 Å². The van der Waals surface area contributed by atoms with E-state index in [0.717, 1.165) is 40.8 Å². The number of nitrogens with one attached hydrogen (secondary N) is 2. The zero-order chi connectivity index (χ0) is 47.2. The fraction of sp³-hybridized carbons (Fsp3) is 0.478. The average Bonchev–Trinajstić information content (AvgIpc) is 3.81. The molecule has 6 amide bonds. The van der Waals surface area contributed by atoms with Crippen molar-refractivity contribution in [2.24, 2.45) is 11.1 Å². The number of halogens is 2. The molecule has 0 saturated carbocycles. The second-order valence-electron chi connectivity index (χ2n) is 16.0. The van der Waals surface area contributed by atoms with Gasteiger partial charge in [0.1, 0.15) is 18.2 Å². The van der Waals surface area contributed by atoms with Crippen molar-refractivity contribution in [3.8, 4) is 11.1 Å². The van der Waals surface area contributed by atoms with Gasteiger partial charge in [-0.1, -0.05) is 51.1 Å². The molecule has 2 heterocycles. The predicted molar refractivity (Wildman–Crippen MR) is 234 cm³/mol. The summed E-state index contributed by atoms with van der Waals surface area (Å²) in [6.45, 7) is 8.73. The molecule has 3 aromatic rings. The van der Waals surface area contributed by atoms with Crippen molar-refractivity contribution in [1.82, 2.24) is 25.0 Å². The summed E-state index contributed by atoms with van der Waals surface area (Å²) in [7, 11) is 0. The molecular weight excluding hydrogens is 851 g/mol. The van der Waals surface area contributed by atoms with Crippen molar-refractivity contribution in [1.29, 1.82) is 0 Å². The number of rotatable bonds is 29. The number of ether oxygens (including phenoxy) is 5. The van der Waals surface area contributed by atoms with Gasteiger partial charge in [0.15, 0.2) is 0 Å². The molecule has 0 spiro atoms. The highest BCUT2D eigenvalue weighted by Crippen LogP contribution is 2.41. The van der Waals surface area contributed by atoms with Gasteiger partial charge in [0.05, 0.1) is 65.5 Å². The van der Waals surface area contributed by atoms with E-state index in [2.05, 4.69) is 10.6 Å². The van der Waals surface area contributed by atoms with Crippen LogP contribution in [0.4, 0.5) is 13.6 Å². The van der Waals surface area contributed by atoms with Crippen molar-refractivity contribution in [2.45, 2.75) is 52.6 Å². The highest BCUT2D eigenvalue weighted by atomic mass is 19.1. The van der Waals surface area contributed by atoms with E-state index in [1.807, 2.05) is 55.7 Å². The van der Waals surface area contributed by atoms with Gasteiger partial charge in [0.2, 0.25) is 17.7 Å². The number of nitrogens with two attached hydrogens (primary N) is 1. The minimum Gasteiger partial charge on any atom is -0.450 e. The first-order valence-electron chi connectivity index (χ1n) is 21.4. The number of aromatic nitrogens is 1. The van der Waals surface area contributed by atoms with Gasteiger partial charge in [-0.2, -0.15) is 0 Å². The number of carbonyl (C=O) groups is 6. The fourth-order valence-corrected chi connectivity index (χ4v) is 6.94. The van der Waals surface area contributed by atoms with E-state index in [9.17, 15) is 33.2 Å². The number of amides is 6. The van der Waals surface area contributed by atoms with Gasteiger partial charge in [-0.15, -0.1) is 0 Å².